The average Bonchev–Trinajstić information content (AvgIpc) is 3.19. The van der Waals surface area contributed by atoms with E-state index < -0.39 is 29.1 Å². The molecule has 0 aromatic heterocycles. The number of nitrogens with zero attached hydrogens (tertiary/aromatic N) is 3. The number of anilines is 1. The molecule has 0 saturated carbocycles. The Morgan fingerprint density at radius 2 is 1.66 bits per heavy atom. The third-order valence-corrected chi connectivity index (χ3v) is 8.98. The first-order valence-electron chi connectivity index (χ1n) is 15.0. The van der Waals surface area contributed by atoms with Gasteiger partial charge in [-0.25, -0.2) is 0 Å². The van der Waals surface area contributed by atoms with Gasteiger partial charge in [0.2, 0.25) is 17.7 Å². The van der Waals surface area contributed by atoms with Gasteiger partial charge < -0.3 is 29.3 Å². The zero-order valence-corrected chi connectivity index (χ0v) is 24.6. The molecule has 0 aliphatic carbocycles. The van der Waals surface area contributed by atoms with Crippen LogP contribution in [0.25, 0.3) is 0 Å². The summed E-state index contributed by atoms with van der Waals surface area (Å²) in [6.07, 6.45) is 10.8. The molecule has 1 spiro atoms. The topological polar surface area (TPSA) is 99.6 Å². The summed E-state index contributed by atoms with van der Waals surface area (Å²) in [5.74, 6) is -1.44. The number of benzene rings is 1. The summed E-state index contributed by atoms with van der Waals surface area (Å²) in [6, 6.07) is 6.51. The van der Waals surface area contributed by atoms with Crippen molar-refractivity contribution in [1.82, 2.24) is 9.80 Å². The molecule has 2 fully saturated rings. The van der Waals surface area contributed by atoms with E-state index in [2.05, 4.69) is 0 Å². The van der Waals surface area contributed by atoms with Crippen LogP contribution >= 0.6 is 0 Å². The lowest BCUT2D eigenvalue weighted by Crippen LogP contribution is -2.57. The lowest BCUT2D eigenvalue weighted by atomic mass is 9.74. The minimum Gasteiger partial charge on any atom is -0.494 e. The fourth-order valence-corrected chi connectivity index (χ4v) is 7.11. The number of aliphatic hydroxyl groups excluding tert-OH is 1. The smallest absolute Gasteiger partial charge is 0.249 e. The Kier molecular flexibility index (Phi) is 8.30. The molecule has 4 heterocycles. The number of hydrogen-bond donors (Lipinski definition) is 1. The number of fused-ring (bicyclic) bond motifs is 2. The van der Waals surface area contributed by atoms with Crippen LogP contribution in [0.4, 0.5) is 5.69 Å². The number of carbonyl (C=O) groups excluding carboxylic acids is 3. The molecule has 5 atom stereocenters. The standard InChI is InChI=1S/C32H43N3O6/c1-5-40-24-14-12-23(13-15-24)34-20-10-16-31(4)25(28(34)37)26-29(38)35(18-8-6-7-9-21-36)27-30(39)33(22(2)3)19-11-17-32(26,27)41-31/h10-17,22,25-27,36H,5-9,18-21H2,1-4H3/t25-,26-,27?,31+,32-/m0/s1. The number of carbonyl (C=O) groups is 3. The molecular formula is C32H43N3O6. The predicted molar refractivity (Wildman–Crippen MR) is 155 cm³/mol. The molecule has 2 saturated heterocycles. The van der Waals surface area contributed by atoms with Gasteiger partial charge in [-0.3, -0.25) is 14.4 Å². The van der Waals surface area contributed by atoms with Crippen molar-refractivity contribution in [2.75, 3.05) is 37.7 Å². The molecule has 4 aliphatic rings. The van der Waals surface area contributed by atoms with Crippen LogP contribution in [0, 0.1) is 11.8 Å². The number of amides is 3. The van der Waals surface area contributed by atoms with E-state index in [4.69, 9.17) is 14.6 Å². The van der Waals surface area contributed by atoms with Crippen molar-refractivity contribution in [2.45, 2.75) is 76.7 Å². The summed E-state index contributed by atoms with van der Waals surface area (Å²) in [5.41, 5.74) is -1.58. The van der Waals surface area contributed by atoms with E-state index in [1.165, 1.54) is 0 Å². The number of aliphatic hydroxyl groups is 1. The monoisotopic (exact) mass is 565 g/mol. The maximum absolute atomic E-state index is 14.4. The molecule has 1 aromatic rings. The lowest BCUT2D eigenvalue weighted by molar-refractivity contribution is -0.152. The van der Waals surface area contributed by atoms with Crippen LogP contribution in [0.5, 0.6) is 5.75 Å². The molecule has 9 nitrogen and oxygen atoms in total. The molecule has 0 radical (unpaired) electrons. The van der Waals surface area contributed by atoms with E-state index in [0.29, 0.717) is 39.1 Å². The third kappa shape index (κ3) is 4.97. The Morgan fingerprint density at radius 1 is 0.951 bits per heavy atom. The Hall–Kier alpha value is -3.17. The minimum absolute atomic E-state index is 0.0537. The van der Waals surface area contributed by atoms with Crippen LogP contribution < -0.4 is 9.64 Å². The maximum atomic E-state index is 14.4. The van der Waals surface area contributed by atoms with Crippen molar-refractivity contribution >= 4 is 23.4 Å². The lowest BCUT2D eigenvalue weighted by Gasteiger charge is -2.38. The van der Waals surface area contributed by atoms with Crippen molar-refractivity contribution in [3.05, 3.63) is 48.6 Å². The zero-order valence-electron chi connectivity index (χ0n) is 24.6. The third-order valence-electron chi connectivity index (χ3n) is 8.98. The van der Waals surface area contributed by atoms with Gasteiger partial charge in [0.25, 0.3) is 0 Å². The van der Waals surface area contributed by atoms with Gasteiger partial charge in [0.1, 0.15) is 17.4 Å². The number of rotatable bonds is 10. The Morgan fingerprint density at radius 3 is 2.34 bits per heavy atom. The predicted octanol–water partition coefficient (Wildman–Crippen LogP) is 3.32. The summed E-state index contributed by atoms with van der Waals surface area (Å²) < 4.78 is 12.5. The molecule has 41 heavy (non-hydrogen) atoms. The first-order chi connectivity index (χ1) is 19.7. The van der Waals surface area contributed by atoms with Crippen molar-refractivity contribution in [3.8, 4) is 5.75 Å². The van der Waals surface area contributed by atoms with Crippen LogP contribution in [0.1, 0.15) is 53.4 Å². The van der Waals surface area contributed by atoms with Gasteiger partial charge >= 0.3 is 0 Å². The fraction of sp³-hybridized carbons (Fsp3) is 0.594. The Bertz CT molecular complexity index is 1210. The van der Waals surface area contributed by atoms with E-state index >= 15 is 0 Å². The second-order valence-corrected chi connectivity index (χ2v) is 11.9. The zero-order chi connectivity index (χ0) is 29.4. The fourth-order valence-electron chi connectivity index (χ4n) is 7.11. The molecule has 0 bridgehead atoms. The SMILES string of the molecule is CCOc1ccc(N2CC=C[C@@]3(C)O[C@]45C=CCN(C(C)C)C(=O)C4N(CCCCCCO)C(=O)[C@@H]5[C@H]3C2=O)cc1. The van der Waals surface area contributed by atoms with Gasteiger partial charge in [0.05, 0.1) is 24.0 Å². The molecule has 4 aliphatic heterocycles. The summed E-state index contributed by atoms with van der Waals surface area (Å²) in [7, 11) is 0. The number of unbranched alkanes of at least 4 members (excludes halogenated alkanes) is 3. The van der Waals surface area contributed by atoms with Crippen LogP contribution in [0.15, 0.2) is 48.6 Å². The van der Waals surface area contributed by atoms with Gasteiger partial charge in [0.15, 0.2) is 0 Å². The highest BCUT2D eigenvalue weighted by molar-refractivity contribution is 6.04. The molecule has 1 unspecified atom stereocenters. The number of hydrogen-bond acceptors (Lipinski definition) is 6. The highest BCUT2D eigenvalue weighted by Crippen LogP contribution is 2.57. The molecule has 5 rings (SSSR count). The van der Waals surface area contributed by atoms with Gasteiger partial charge in [-0.1, -0.05) is 37.1 Å². The van der Waals surface area contributed by atoms with Gasteiger partial charge in [-0.15, -0.1) is 0 Å². The molecule has 222 valence electrons. The van der Waals surface area contributed by atoms with E-state index in [0.717, 1.165) is 24.3 Å². The van der Waals surface area contributed by atoms with Gasteiger partial charge in [0, 0.05) is 38.0 Å². The van der Waals surface area contributed by atoms with Gasteiger partial charge in [-0.05, 0) is 64.8 Å². The van der Waals surface area contributed by atoms with E-state index in [9.17, 15) is 14.4 Å². The van der Waals surface area contributed by atoms with Crippen LogP contribution in [0.3, 0.4) is 0 Å². The van der Waals surface area contributed by atoms with Crippen LogP contribution in [-0.4, -0.2) is 88.8 Å². The number of likely N-dealkylation sites (tertiary alicyclic amines) is 1. The first kappa shape index (κ1) is 29.3. The largest absolute Gasteiger partial charge is 0.494 e. The number of ether oxygens (including phenoxy) is 2. The Balaban J connectivity index is 1.53. The summed E-state index contributed by atoms with van der Waals surface area (Å²) in [6.45, 7) is 9.59. The highest BCUT2D eigenvalue weighted by Gasteiger charge is 2.74. The van der Waals surface area contributed by atoms with Crippen LogP contribution in [-0.2, 0) is 19.1 Å². The van der Waals surface area contributed by atoms with E-state index in [1.807, 2.05) is 76.3 Å². The van der Waals surface area contributed by atoms with Crippen molar-refractivity contribution in [2.24, 2.45) is 11.8 Å². The van der Waals surface area contributed by atoms with Crippen molar-refractivity contribution in [3.63, 3.8) is 0 Å². The summed E-state index contributed by atoms with van der Waals surface area (Å²) >= 11 is 0. The summed E-state index contributed by atoms with van der Waals surface area (Å²) in [4.78, 5) is 48.2. The molecule has 1 N–H and O–H groups in total. The average molecular weight is 566 g/mol. The van der Waals surface area contributed by atoms with E-state index in [-0.39, 0.29) is 30.4 Å². The molecule has 9 heteroatoms. The van der Waals surface area contributed by atoms with Crippen LogP contribution in [0.2, 0.25) is 0 Å². The van der Waals surface area contributed by atoms with Crippen molar-refractivity contribution < 1.29 is 29.0 Å². The highest BCUT2D eigenvalue weighted by atomic mass is 16.5. The molecular weight excluding hydrogens is 522 g/mol. The molecule has 3 amide bonds. The second-order valence-electron chi connectivity index (χ2n) is 11.9. The normalized spacial score (nSPS) is 30.9. The molecule has 1 aromatic carbocycles. The van der Waals surface area contributed by atoms with E-state index in [1.54, 1.807) is 14.7 Å². The quantitative estimate of drug-likeness (QED) is 0.345. The first-order valence-corrected chi connectivity index (χ1v) is 15.0. The van der Waals surface area contributed by atoms with Gasteiger partial charge in [-0.2, -0.15) is 0 Å². The Labute approximate surface area is 242 Å². The summed E-state index contributed by atoms with van der Waals surface area (Å²) in [5, 5.41) is 9.17. The maximum Gasteiger partial charge on any atom is 0.249 e. The minimum atomic E-state index is -1.25. The van der Waals surface area contributed by atoms with Crippen molar-refractivity contribution in [1.29, 1.82) is 0 Å². The second kappa shape index (κ2) is 11.6.